The zero-order chi connectivity index (χ0) is 21.5. The average Bonchev–Trinajstić information content (AvgIpc) is 3.05. The van der Waals surface area contributed by atoms with Gasteiger partial charge in [-0.3, -0.25) is 19.7 Å². The maximum absolute atomic E-state index is 13.6. The second-order valence-electron chi connectivity index (χ2n) is 7.79. The molecule has 0 aromatic heterocycles. The summed E-state index contributed by atoms with van der Waals surface area (Å²) in [4.78, 5) is 40.4. The van der Waals surface area contributed by atoms with Crippen LogP contribution in [0.15, 0.2) is 83.9 Å². The van der Waals surface area contributed by atoms with Crippen LogP contribution in [-0.2, 0) is 15.1 Å². The van der Waals surface area contributed by atoms with E-state index in [2.05, 4.69) is 0 Å². The highest BCUT2D eigenvalue weighted by atomic mass is 19.1. The number of imide groups is 1. The van der Waals surface area contributed by atoms with Crippen LogP contribution in [0.1, 0.15) is 28.2 Å². The summed E-state index contributed by atoms with van der Waals surface area (Å²) in [7, 11) is 0. The van der Waals surface area contributed by atoms with Crippen LogP contribution in [0.4, 0.5) is 10.1 Å². The number of benzene rings is 3. The molecule has 6 nitrogen and oxygen atoms in total. The lowest BCUT2D eigenvalue weighted by atomic mass is 9.57. The zero-order valence-corrected chi connectivity index (χ0v) is 15.9. The Kier molecular flexibility index (Phi) is 3.27. The van der Waals surface area contributed by atoms with E-state index >= 15 is 0 Å². The fraction of sp³-hybridized carbons (Fsp3) is 0.0833. The van der Waals surface area contributed by atoms with Gasteiger partial charge in [-0.25, -0.2) is 9.29 Å². The Bertz CT molecular complexity index is 1330. The average molecular weight is 412 g/mol. The molecule has 0 fully saturated rings. The third-order valence-corrected chi connectivity index (χ3v) is 6.45. The number of hydrogen-bond donors (Lipinski definition) is 0. The SMILES string of the molecule is O=C1C2=C(C(=O)N1c1ccc(F)cc1)C1([N+](=O)[O-])c3ccccc3C2c2ccccc21. The van der Waals surface area contributed by atoms with Crippen LogP contribution in [0.2, 0.25) is 0 Å². The molecule has 150 valence electrons. The van der Waals surface area contributed by atoms with Crippen molar-refractivity contribution in [2.24, 2.45) is 0 Å². The summed E-state index contributed by atoms with van der Waals surface area (Å²) in [6, 6.07) is 18.8. The number of carbonyl (C=O) groups is 2. The van der Waals surface area contributed by atoms with Crippen LogP contribution >= 0.6 is 0 Å². The van der Waals surface area contributed by atoms with Gasteiger partial charge in [0.05, 0.1) is 5.69 Å². The molecule has 3 aromatic rings. The molecule has 0 saturated carbocycles. The number of carbonyl (C=O) groups excluding carboxylic acids is 2. The molecule has 0 atom stereocenters. The maximum atomic E-state index is 13.6. The van der Waals surface area contributed by atoms with Gasteiger partial charge in [-0.05, 0) is 35.4 Å². The Balaban J connectivity index is 1.69. The van der Waals surface area contributed by atoms with Crippen molar-refractivity contribution in [3.05, 3.63) is 122 Å². The minimum absolute atomic E-state index is 0.116. The molecule has 0 spiro atoms. The van der Waals surface area contributed by atoms with E-state index in [9.17, 15) is 24.1 Å². The highest BCUT2D eigenvalue weighted by molar-refractivity contribution is 6.35. The highest BCUT2D eigenvalue weighted by Gasteiger charge is 2.68. The van der Waals surface area contributed by atoms with E-state index in [0.717, 1.165) is 17.0 Å². The van der Waals surface area contributed by atoms with Gasteiger partial charge >= 0.3 is 5.54 Å². The van der Waals surface area contributed by atoms with Crippen LogP contribution in [0.5, 0.6) is 0 Å². The van der Waals surface area contributed by atoms with Crippen LogP contribution in [-0.4, -0.2) is 16.7 Å². The van der Waals surface area contributed by atoms with Gasteiger partial charge in [-0.15, -0.1) is 0 Å². The standard InChI is InChI=1S/C24H13FN2O4/c25-13-9-11-14(12-10-13)26-22(28)20-19-15-5-1-3-7-17(15)24(27(30)31,21(20)23(26)29)18-8-4-2-6-16(18)19/h1-12,19H. The molecule has 4 aliphatic rings. The van der Waals surface area contributed by atoms with Gasteiger partial charge in [0.2, 0.25) is 0 Å². The first-order valence-electron chi connectivity index (χ1n) is 9.70. The molecular weight excluding hydrogens is 399 g/mol. The molecular formula is C24H13FN2O4. The highest BCUT2D eigenvalue weighted by Crippen LogP contribution is 2.61. The molecule has 3 aliphatic carbocycles. The fourth-order valence-corrected chi connectivity index (χ4v) is 5.33. The van der Waals surface area contributed by atoms with Gasteiger partial charge in [-0.2, -0.15) is 0 Å². The lowest BCUT2D eigenvalue weighted by Gasteiger charge is -2.42. The minimum Gasteiger partial charge on any atom is -0.269 e. The zero-order valence-electron chi connectivity index (χ0n) is 15.9. The van der Waals surface area contributed by atoms with E-state index < -0.39 is 34.0 Å². The summed E-state index contributed by atoms with van der Waals surface area (Å²) < 4.78 is 13.4. The molecule has 7 heteroatoms. The number of amides is 2. The largest absolute Gasteiger partial charge is 0.303 e. The molecule has 1 heterocycles. The quantitative estimate of drug-likeness (QED) is 0.365. The molecule has 0 unspecified atom stereocenters. The molecule has 3 aromatic carbocycles. The van der Waals surface area contributed by atoms with Crippen molar-refractivity contribution in [2.75, 3.05) is 4.90 Å². The molecule has 2 amide bonds. The van der Waals surface area contributed by atoms with E-state index in [1.807, 2.05) is 0 Å². The van der Waals surface area contributed by atoms with Crippen molar-refractivity contribution >= 4 is 17.5 Å². The fourth-order valence-electron chi connectivity index (χ4n) is 5.33. The molecule has 1 aliphatic heterocycles. The lowest BCUT2D eigenvalue weighted by molar-refractivity contribution is -0.554. The first-order valence-corrected chi connectivity index (χ1v) is 9.70. The van der Waals surface area contributed by atoms with Gasteiger partial charge in [0.25, 0.3) is 11.8 Å². The molecule has 31 heavy (non-hydrogen) atoms. The molecule has 0 saturated heterocycles. The maximum Gasteiger partial charge on any atom is 0.303 e. The van der Waals surface area contributed by atoms with Crippen molar-refractivity contribution in [1.29, 1.82) is 0 Å². The van der Waals surface area contributed by atoms with Gasteiger partial charge in [0.1, 0.15) is 11.4 Å². The van der Waals surface area contributed by atoms with Crippen LogP contribution in [0.25, 0.3) is 0 Å². The number of nitro groups is 1. The summed E-state index contributed by atoms with van der Waals surface area (Å²) >= 11 is 0. The smallest absolute Gasteiger partial charge is 0.269 e. The number of nitrogens with zero attached hydrogens (tertiary/aromatic N) is 2. The van der Waals surface area contributed by atoms with Gasteiger partial charge < -0.3 is 0 Å². The molecule has 0 radical (unpaired) electrons. The number of rotatable bonds is 2. The number of hydrogen-bond acceptors (Lipinski definition) is 4. The normalized spacial score (nSPS) is 23.0. The van der Waals surface area contributed by atoms with E-state index in [1.54, 1.807) is 48.5 Å². The first-order chi connectivity index (χ1) is 15.0. The Labute approximate surface area is 175 Å². The summed E-state index contributed by atoms with van der Waals surface area (Å²) in [5, 5.41) is 12.8. The van der Waals surface area contributed by atoms with Crippen molar-refractivity contribution in [3.63, 3.8) is 0 Å². The van der Waals surface area contributed by atoms with E-state index in [-0.39, 0.29) is 16.8 Å². The van der Waals surface area contributed by atoms with Crippen molar-refractivity contribution in [3.8, 4) is 0 Å². The molecule has 2 bridgehead atoms. The predicted molar refractivity (Wildman–Crippen MR) is 108 cm³/mol. The van der Waals surface area contributed by atoms with Crippen LogP contribution in [0, 0.1) is 15.9 Å². The Morgan fingerprint density at radius 3 is 1.94 bits per heavy atom. The second-order valence-corrected chi connectivity index (χ2v) is 7.79. The van der Waals surface area contributed by atoms with E-state index in [4.69, 9.17) is 0 Å². The Hall–Kier alpha value is -4.13. The molecule has 7 rings (SSSR count). The number of halogens is 1. The summed E-state index contributed by atoms with van der Waals surface area (Å²) in [5.41, 5.74) is 0.333. The third kappa shape index (κ3) is 1.91. The molecule has 0 N–H and O–H groups in total. The van der Waals surface area contributed by atoms with E-state index in [0.29, 0.717) is 22.3 Å². The monoisotopic (exact) mass is 412 g/mol. The minimum atomic E-state index is -1.97. The summed E-state index contributed by atoms with van der Waals surface area (Å²) in [6.07, 6.45) is 0. The third-order valence-electron chi connectivity index (χ3n) is 6.45. The van der Waals surface area contributed by atoms with Crippen LogP contribution in [0.3, 0.4) is 0 Å². The summed E-state index contributed by atoms with van der Waals surface area (Å²) in [5.74, 6) is -2.43. The second kappa shape index (κ2) is 5.72. The lowest BCUT2D eigenvalue weighted by Crippen LogP contribution is -2.49. The van der Waals surface area contributed by atoms with E-state index in [1.165, 1.54) is 12.1 Å². The summed E-state index contributed by atoms with van der Waals surface area (Å²) in [6.45, 7) is 0. The van der Waals surface area contributed by atoms with Gasteiger partial charge in [0.15, 0.2) is 0 Å². The predicted octanol–water partition coefficient (Wildman–Crippen LogP) is 3.67. The Morgan fingerprint density at radius 2 is 1.39 bits per heavy atom. The Morgan fingerprint density at radius 1 is 0.839 bits per heavy atom. The van der Waals surface area contributed by atoms with Crippen molar-refractivity contribution in [2.45, 2.75) is 11.5 Å². The topological polar surface area (TPSA) is 80.5 Å². The van der Waals surface area contributed by atoms with Crippen molar-refractivity contribution < 1.29 is 18.9 Å². The van der Waals surface area contributed by atoms with Gasteiger partial charge in [0, 0.05) is 27.5 Å². The van der Waals surface area contributed by atoms with Crippen molar-refractivity contribution in [1.82, 2.24) is 0 Å². The first kappa shape index (κ1) is 17.7. The van der Waals surface area contributed by atoms with Gasteiger partial charge in [-0.1, -0.05) is 48.5 Å². The van der Waals surface area contributed by atoms with Crippen LogP contribution < -0.4 is 4.90 Å². The number of anilines is 1.